The number of hydrogen-bond donors (Lipinski definition) is 4. The van der Waals surface area contributed by atoms with Gasteiger partial charge in [-0.25, -0.2) is 18.4 Å². The van der Waals surface area contributed by atoms with Gasteiger partial charge in [0.2, 0.25) is 0 Å². The van der Waals surface area contributed by atoms with Gasteiger partial charge in [-0.05, 0) is 26.0 Å². The summed E-state index contributed by atoms with van der Waals surface area (Å²) < 4.78 is 81.3. The van der Waals surface area contributed by atoms with E-state index < -0.39 is 92.4 Å². The summed E-state index contributed by atoms with van der Waals surface area (Å²) in [7, 11) is 0.865. The summed E-state index contributed by atoms with van der Waals surface area (Å²) in [5.74, 6) is -7.04. The van der Waals surface area contributed by atoms with Crippen LogP contribution in [-0.2, 0) is 25.2 Å². The number of allylic oxidation sites excluding steroid dienone is 1. The highest BCUT2D eigenvalue weighted by atomic mass is 35.5. The van der Waals surface area contributed by atoms with Gasteiger partial charge in [-0.15, -0.1) is 0 Å². The van der Waals surface area contributed by atoms with Gasteiger partial charge in [0, 0.05) is 11.3 Å². The maximum absolute atomic E-state index is 15.2. The van der Waals surface area contributed by atoms with Gasteiger partial charge < -0.3 is 20.5 Å². The lowest BCUT2D eigenvalue weighted by atomic mass is 9.77. The molecule has 35 heavy (non-hydrogen) atoms. The van der Waals surface area contributed by atoms with E-state index in [-0.39, 0.29) is 0 Å². The third-order valence-corrected chi connectivity index (χ3v) is 5.71. The summed E-state index contributed by atoms with van der Waals surface area (Å²) in [4.78, 5) is 25.9. The second-order valence-electron chi connectivity index (χ2n) is 7.53. The molecule has 2 unspecified atom stereocenters. The third kappa shape index (κ3) is 5.72. The quantitative estimate of drug-likeness (QED) is 0.136. The molecule has 0 radical (unpaired) electrons. The average molecular weight is 542 g/mol. The summed E-state index contributed by atoms with van der Waals surface area (Å²) in [5.41, 5.74) is -0.153. The number of hydrogen-bond acceptors (Lipinski definition) is 7. The highest BCUT2D eigenvalue weighted by Gasteiger charge is 2.48. The summed E-state index contributed by atoms with van der Waals surface area (Å²) in [6.07, 6.45) is -6.07. The van der Waals surface area contributed by atoms with Crippen LogP contribution in [0.4, 0.5) is 22.0 Å². The van der Waals surface area contributed by atoms with Gasteiger partial charge in [-0.2, -0.15) is 25.8 Å². The van der Waals surface area contributed by atoms with Crippen molar-refractivity contribution in [3.8, 4) is 0 Å². The van der Waals surface area contributed by atoms with Crippen molar-refractivity contribution in [3.05, 3.63) is 56.6 Å². The molecule has 0 aromatic heterocycles. The molecule has 2 atom stereocenters. The molecule has 4 N–H and O–H groups in total. The molecule has 0 amide bonds. The zero-order valence-corrected chi connectivity index (χ0v) is 20.2. The first-order valence-corrected chi connectivity index (χ1v) is 10.7. The lowest BCUT2D eigenvalue weighted by molar-refractivity contribution is -0.144. The molecule has 1 heterocycles. The maximum atomic E-state index is 15.2. The van der Waals surface area contributed by atoms with E-state index in [9.17, 15) is 27.2 Å². The van der Waals surface area contributed by atoms with Crippen molar-refractivity contribution < 1.29 is 41.0 Å². The second kappa shape index (κ2) is 10.9. The lowest BCUT2D eigenvalue weighted by Crippen LogP contribution is -2.41. The van der Waals surface area contributed by atoms with E-state index >= 15 is 4.39 Å². The Labute approximate surface area is 207 Å². The highest BCUT2D eigenvalue weighted by molar-refractivity contribution is 7.82. The molecule has 0 fully saturated rings. The Hall–Kier alpha value is -2.80. The molecular formula is C21H21ClF5N3O4S. The van der Waals surface area contributed by atoms with E-state index in [2.05, 4.69) is 22.7 Å². The predicted octanol–water partition coefficient (Wildman–Crippen LogP) is 4.02. The minimum atomic E-state index is -5.26. The lowest BCUT2D eigenvalue weighted by Gasteiger charge is -2.34. The largest absolute Gasteiger partial charge is 0.466 e. The number of amidine groups is 1. The molecule has 1 aromatic carbocycles. The maximum Gasteiger partial charge on any atom is 0.418 e. The Balaban J connectivity index is 3.14. The molecule has 1 aliphatic heterocycles. The van der Waals surface area contributed by atoms with Crippen molar-refractivity contribution in [1.29, 1.82) is 5.41 Å². The van der Waals surface area contributed by atoms with Crippen molar-refractivity contribution >= 4 is 42.0 Å². The minimum absolute atomic E-state index is 0.468. The van der Waals surface area contributed by atoms with Crippen LogP contribution >= 0.6 is 24.2 Å². The summed E-state index contributed by atoms with van der Waals surface area (Å²) in [5, 5.41) is 7.65. The number of esters is 2. The first kappa shape index (κ1) is 28.4. The number of methoxy groups -OCH3 is 1. The van der Waals surface area contributed by atoms with Gasteiger partial charge >= 0.3 is 18.1 Å². The SMILES string of the molecule is COC(=O)C1=C(CF)NC(C(S)C(=N)N)=C(C(=O)OC(C)C)C1c1c(F)ccc(Cl)c1C(F)(F)F. The van der Waals surface area contributed by atoms with E-state index in [4.69, 9.17) is 27.5 Å². The van der Waals surface area contributed by atoms with Crippen LogP contribution in [0.1, 0.15) is 30.9 Å². The van der Waals surface area contributed by atoms with E-state index in [1.54, 1.807) is 0 Å². The van der Waals surface area contributed by atoms with Crippen LogP contribution < -0.4 is 11.1 Å². The monoisotopic (exact) mass is 541 g/mol. The number of carbonyl (C=O) groups is 2. The number of nitrogens with two attached hydrogens (primary N) is 1. The number of nitrogens with one attached hydrogen (secondary N) is 2. The Morgan fingerprint density at radius 1 is 1.26 bits per heavy atom. The topological polar surface area (TPSA) is 115 Å². The van der Waals surface area contributed by atoms with Crippen LogP contribution in [0.3, 0.4) is 0 Å². The van der Waals surface area contributed by atoms with Crippen LogP contribution in [0.2, 0.25) is 5.02 Å². The van der Waals surface area contributed by atoms with Crippen molar-refractivity contribution in [1.82, 2.24) is 5.32 Å². The third-order valence-electron chi connectivity index (χ3n) is 4.86. The molecule has 192 valence electrons. The Morgan fingerprint density at radius 3 is 2.31 bits per heavy atom. The van der Waals surface area contributed by atoms with Gasteiger partial charge in [0.05, 0.1) is 51.8 Å². The Morgan fingerprint density at radius 2 is 1.86 bits per heavy atom. The van der Waals surface area contributed by atoms with Crippen LogP contribution in [0, 0.1) is 11.2 Å². The van der Waals surface area contributed by atoms with Gasteiger partial charge in [0.25, 0.3) is 0 Å². The zero-order valence-electron chi connectivity index (χ0n) is 18.5. The molecule has 0 spiro atoms. The number of alkyl halides is 4. The number of halogens is 6. The fraction of sp³-hybridized carbons (Fsp3) is 0.381. The fourth-order valence-corrected chi connectivity index (χ4v) is 4.01. The first-order chi connectivity index (χ1) is 16.2. The molecular weight excluding hydrogens is 521 g/mol. The molecule has 2 rings (SSSR count). The molecule has 0 saturated heterocycles. The summed E-state index contributed by atoms with van der Waals surface area (Å²) >= 11 is 9.88. The standard InChI is InChI=1S/C21H21ClF5N3O4S/c1-7(2)34-20(32)14-13(11-9(24)5-4-8(22)15(11)21(25,26)27)12(19(31)33-3)10(6-23)30-16(14)17(35)18(28)29/h4-5,7,13,17,30,35H,6H2,1-3H3,(H3,28,29). The molecule has 1 aliphatic rings. The number of thiol groups is 1. The zero-order chi connectivity index (χ0) is 26.8. The highest BCUT2D eigenvalue weighted by Crippen LogP contribution is 2.48. The van der Waals surface area contributed by atoms with Gasteiger partial charge in [-0.1, -0.05) is 11.6 Å². The first-order valence-electron chi connectivity index (χ1n) is 9.83. The van der Waals surface area contributed by atoms with E-state index in [0.717, 1.165) is 7.11 Å². The summed E-state index contributed by atoms with van der Waals surface area (Å²) in [6, 6.07) is 1.25. The van der Waals surface area contributed by atoms with Crippen LogP contribution in [-0.4, -0.2) is 42.9 Å². The number of rotatable bonds is 7. The summed E-state index contributed by atoms with van der Waals surface area (Å²) in [6.45, 7) is 1.38. The van der Waals surface area contributed by atoms with E-state index in [1.807, 2.05) is 0 Å². The predicted molar refractivity (Wildman–Crippen MR) is 120 cm³/mol. The van der Waals surface area contributed by atoms with Crippen molar-refractivity contribution in [2.75, 3.05) is 13.8 Å². The molecule has 0 bridgehead atoms. The normalized spacial score (nSPS) is 17.3. The van der Waals surface area contributed by atoms with Crippen LogP contribution in [0.15, 0.2) is 34.7 Å². The van der Waals surface area contributed by atoms with Gasteiger partial charge in [0.1, 0.15) is 18.3 Å². The molecule has 7 nitrogen and oxygen atoms in total. The number of carbonyl (C=O) groups excluding carboxylic acids is 2. The smallest absolute Gasteiger partial charge is 0.418 e. The minimum Gasteiger partial charge on any atom is -0.466 e. The Kier molecular flexibility index (Phi) is 8.82. The molecule has 0 aliphatic carbocycles. The molecule has 1 aromatic rings. The van der Waals surface area contributed by atoms with E-state index in [0.29, 0.717) is 12.1 Å². The average Bonchev–Trinajstić information content (AvgIpc) is 2.76. The molecule has 0 saturated carbocycles. The van der Waals surface area contributed by atoms with Gasteiger partial charge in [-0.3, -0.25) is 5.41 Å². The number of dihydropyridines is 1. The van der Waals surface area contributed by atoms with Gasteiger partial charge in [0.15, 0.2) is 0 Å². The van der Waals surface area contributed by atoms with Crippen LogP contribution in [0.25, 0.3) is 0 Å². The van der Waals surface area contributed by atoms with Crippen LogP contribution in [0.5, 0.6) is 0 Å². The number of benzene rings is 1. The van der Waals surface area contributed by atoms with Crippen molar-refractivity contribution in [3.63, 3.8) is 0 Å². The van der Waals surface area contributed by atoms with Crippen molar-refractivity contribution in [2.45, 2.75) is 37.3 Å². The number of ether oxygens (including phenoxy) is 2. The fourth-order valence-electron chi connectivity index (χ4n) is 3.53. The second-order valence-corrected chi connectivity index (χ2v) is 8.45. The Bertz CT molecular complexity index is 1120. The molecule has 14 heteroatoms. The van der Waals surface area contributed by atoms with Crippen molar-refractivity contribution in [2.24, 2.45) is 5.73 Å². The van der Waals surface area contributed by atoms with E-state index in [1.165, 1.54) is 13.8 Å².